The van der Waals surface area contributed by atoms with Crippen molar-refractivity contribution in [3.05, 3.63) is 6.92 Å². The normalized spacial score (nSPS) is 8.00. The molecule has 0 aliphatic heterocycles. The summed E-state index contributed by atoms with van der Waals surface area (Å²) in [6, 6.07) is 0. The molecule has 0 nitrogen and oxygen atoms in total. The number of rotatable bonds is 1. The molecule has 0 spiro atoms. The van der Waals surface area contributed by atoms with E-state index in [1.54, 1.807) is 0 Å². The summed E-state index contributed by atoms with van der Waals surface area (Å²) in [6.07, 6.45) is 1.06. The van der Waals surface area contributed by atoms with Gasteiger partial charge in [-0.05, 0) is 0 Å². The maximum absolute atomic E-state index is 3.69. The second kappa shape index (κ2) is 6.19. The third-order valence-electron chi connectivity index (χ3n) is 0.577. The van der Waals surface area contributed by atoms with Crippen molar-refractivity contribution in [1.29, 1.82) is 0 Å². The van der Waals surface area contributed by atoms with Crippen LogP contribution in [0.15, 0.2) is 0 Å². The fraction of sp³-hybridized carbons (Fsp3) is 0.800. The summed E-state index contributed by atoms with van der Waals surface area (Å²) in [5.41, 5.74) is 0. The van der Waals surface area contributed by atoms with Crippen molar-refractivity contribution >= 4 is 0 Å². The second-order valence-electron chi connectivity index (χ2n) is 1.68. The van der Waals surface area contributed by atoms with E-state index in [0.717, 1.165) is 12.3 Å². The predicted octanol–water partition coefficient (Wildman–Crippen LogP) is 1.87. The van der Waals surface area contributed by atoms with Crippen LogP contribution in [0.5, 0.6) is 0 Å². The van der Waals surface area contributed by atoms with Gasteiger partial charge in [-0.15, -0.1) is 0 Å². The van der Waals surface area contributed by atoms with E-state index in [9.17, 15) is 0 Å². The molecule has 6 heavy (non-hydrogen) atoms. The molecule has 35 valence electrons. The zero-order valence-electron chi connectivity index (χ0n) is 4.57. The fourth-order valence-electron chi connectivity index (χ4n) is 0. The van der Waals surface area contributed by atoms with Gasteiger partial charge in [0.2, 0.25) is 0 Å². The van der Waals surface area contributed by atoms with Gasteiger partial charge in [0, 0.05) is 35.6 Å². The first-order chi connectivity index (χ1) is 2.27. The van der Waals surface area contributed by atoms with Crippen LogP contribution in [0.2, 0.25) is 0 Å². The van der Waals surface area contributed by atoms with Gasteiger partial charge in [0.15, 0.2) is 0 Å². The van der Waals surface area contributed by atoms with Gasteiger partial charge in [-0.3, -0.25) is 0 Å². The average molecular weight is 210 g/mol. The van der Waals surface area contributed by atoms with E-state index >= 15 is 0 Å². The van der Waals surface area contributed by atoms with Crippen LogP contribution in [0.25, 0.3) is 0 Å². The molecule has 1 heteroatoms. The van der Waals surface area contributed by atoms with Crippen LogP contribution in [0.1, 0.15) is 20.3 Å². The van der Waals surface area contributed by atoms with Gasteiger partial charge in [-0.1, -0.05) is 19.8 Å². The Morgan fingerprint density at radius 2 is 1.67 bits per heavy atom. The molecule has 0 amide bonds. The molecule has 0 saturated carbocycles. The first-order valence-electron chi connectivity index (χ1n) is 2.06. The van der Waals surface area contributed by atoms with Crippen molar-refractivity contribution in [1.82, 2.24) is 0 Å². The van der Waals surface area contributed by atoms with Crippen molar-refractivity contribution in [3.63, 3.8) is 0 Å². The van der Waals surface area contributed by atoms with Crippen LogP contribution in [-0.2, 0) is 0 Å². The maximum atomic E-state index is 3.69. The van der Waals surface area contributed by atoms with Crippen LogP contribution in [-0.4, -0.2) is 0 Å². The minimum Gasteiger partial charge on any atom is -0.343 e. The smallest absolute Gasteiger partial charge is 0 e. The molecular formula is C5H11La-. The first kappa shape index (κ1) is 10.2. The molecule has 0 rings (SSSR count). The summed E-state index contributed by atoms with van der Waals surface area (Å²) in [7, 11) is 0. The van der Waals surface area contributed by atoms with Crippen molar-refractivity contribution in [2.45, 2.75) is 20.3 Å². The summed E-state index contributed by atoms with van der Waals surface area (Å²) in [5, 5.41) is 0. The fourth-order valence-corrected chi connectivity index (χ4v) is 0. The van der Waals surface area contributed by atoms with E-state index in [1.165, 1.54) is 0 Å². The quantitative estimate of drug-likeness (QED) is 0.579. The van der Waals surface area contributed by atoms with Crippen LogP contribution >= 0.6 is 0 Å². The van der Waals surface area contributed by atoms with Crippen LogP contribution in [0.4, 0.5) is 0 Å². The minimum atomic E-state index is 0. The molecule has 1 radical (unpaired) electrons. The third kappa shape index (κ3) is 8.96. The van der Waals surface area contributed by atoms with Gasteiger partial charge >= 0.3 is 0 Å². The van der Waals surface area contributed by atoms with E-state index in [1.807, 2.05) is 0 Å². The standard InChI is InChI=1S/C5H11.La/c1-4-5(2)3;/h5H,1,4H2,2-3H3;/q-1;. The van der Waals surface area contributed by atoms with Gasteiger partial charge in [-0.25, -0.2) is 0 Å². The molecule has 0 fully saturated rings. The Morgan fingerprint density at radius 3 is 1.67 bits per heavy atom. The van der Waals surface area contributed by atoms with Gasteiger partial charge in [0.25, 0.3) is 0 Å². The van der Waals surface area contributed by atoms with E-state index in [-0.39, 0.29) is 35.6 Å². The molecule has 0 bridgehead atoms. The van der Waals surface area contributed by atoms with Gasteiger partial charge in [-0.2, -0.15) is 6.42 Å². The largest absolute Gasteiger partial charge is 0.343 e. The predicted molar refractivity (Wildman–Crippen MR) is 24.8 cm³/mol. The maximum Gasteiger partial charge on any atom is 0 e. The molecule has 0 aromatic heterocycles. The Hall–Kier alpha value is 1.19. The Labute approximate surface area is 68.3 Å². The summed E-state index contributed by atoms with van der Waals surface area (Å²) in [4.78, 5) is 0. The molecule has 0 aliphatic rings. The van der Waals surface area contributed by atoms with E-state index in [2.05, 4.69) is 20.8 Å². The first-order valence-corrected chi connectivity index (χ1v) is 2.06. The molecule has 0 aromatic rings. The van der Waals surface area contributed by atoms with E-state index in [4.69, 9.17) is 0 Å². The van der Waals surface area contributed by atoms with Crippen molar-refractivity contribution in [2.24, 2.45) is 5.92 Å². The van der Waals surface area contributed by atoms with Crippen molar-refractivity contribution in [2.75, 3.05) is 0 Å². The Kier molecular flexibility index (Phi) is 10.6. The topological polar surface area (TPSA) is 0 Å². The van der Waals surface area contributed by atoms with Crippen LogP contribution in [0.3, 0.4) is 0 Å². The molecule has 0 aliphatic carbocycles. The Morgan fingerprint density at radius 1 is 1.50 bits per heavy atom. The molecule has 0 aromatic carbocycles. The van der Waals surface area contributed by atoms with Gasteiger partial charge in [0.05, 0.1) is 0 Å². The molecule has 0 heterocycles. The van der Waals surface area contributed by atoms with Crippen molar-refractivity contribution < 1.29 is 35.6 Å². The monoisotopic (exact) mass is 210 g/mol. The zero-order chi connectivity index (χ0) is 4.28. The zero-order valence-corrected chi connectivity index (χ0v) is 8.19. The van der Waals surface area contributed by atoms with Gasteiger partial charge in [0.1, 0.15) is 0 Å². The number of hydrogen-bond donors (Lipinski definition) is 0. The Bertz CT molecular complexity index is 17.9. The van der Waals surface area contributed by atoms with Crippen LogP contribution < -0.4 is 0 Å². The van der Waals surface area contributed by atoms with Crippen LogP contribution in [0, 0.1) is 48.4 Å². The summed E-state index contributed by atoms with van der Waals surface area (Å²) in [6.45, 7) is 8.00. The second-order valence-corrected chi connectivity index (χ2v) is 1.68. The molecule has 0 unspecified atom stereocenters. The minimum absolute atomic E-state index is 0. The van der Waals surface area contributed by atoms with Gasteiger partial charge < -0.3 is 6.92 Å². The number of hydrogen-bond acceptors (Lipinski definition) is 0. The SMILES string of the molecule is [CH2-]CC(C)C.[La]. The molecular weight excluding hydrogens is 199 g/mol. The molecule has 0 N–H and O–H groups in total. The van der Waals surface area contributed by atoms with E-state index in [0.29, 0.717) is 0 Å². The Balaban J connectivity index is 0. The summed E-state index contributed by atoms with van der Waals surface area (Å²) in [5.74, 6) is 0.773. The summed E-state index contributed by atoms with van der Waals surface area (Å²) < 4.78 is 0. The average Bonchev–Trinajstić information content (AvgIpc) is 1.38. The molecule has 0 atom stereocenters. The van der Waals surface area contributed by atoms with E-state index < -0.39 is 0 Å². The summed E-state index contributed by atoms with van der Waals surface area (Å²) >= 11 is 0. The van der Waals surface area contributed by atoms with Crippen molar-refractivity contribution in [3.8, 4) is 0 Å². The molecule has 0 saturated heterocycles. The third-order valence-corrected chi connectivity index (χ3v) is 0.577.